The van der Waals surface area contributed by atoms with E-state index in [0.29, 0.717) is 11.0 Å². The number of halogens is 1. The van der Waals surface area contributed by atoms with Crippen LogP contribution in [0.1, 0.15) is 11.1 Å². The summed E-state index contributed by atoms with van der Waals surface area (Å²) in [5.41, 5.74) is 2.35. The SMILES string of the molecule is Cc1cccc(CNc2ccc([N+](=O)[O-])c(Br)c2)c1O. The van der Waals surface area contributed by atoms with E-state index in [4.69, 9.17) is 0 Å². The molecule has 0 amide bonds. The van der Waals surface area contributed by atoms with Crippen LogP contribution in [0.2, 0.25) is 0 Å². The molecule has 20 heavy (non-hydrogen) atoms. The summed E-state index contributed by atoms with van der Waals surface area (Å²) in [6, 6.07) is 10.2. The molecular formula is C14H13BrN2O3. The summed E-state index contributed by atoms with van der Waals surface area (Å²) < 4.78 is 0.418. The number of hydrogen-bond acceptors (Lipinski definition) is 4. The first-order chi connectivity index (χ1) is 9.49. The Labute approximate surface area is 124 Å². The molecular weight excluding hydrogens is 324 g/mol. The van der Waals surface area contributed by atoms with Crippen molar-refractivity contribution in [3.8, 4) is 5.75 Å². The molecule has 0 saturated heterocycles. The van der Waals surface area contributed by atoms with E-state index in [9.17, 15) is 15.2 Å². The van der Waals surface area contributed by atoms with Crippen molar-refractivity contribution < 1.29 is 10.0 Å². The number of anilines is 1. The number of rotatable bonds is 4. The maximum atomic E-state index is 10.7. The molecule has 0 spiro atoms. The van der Waals surface area contributed by atoms with Gasteiger partial charge in [-0.1, -0.05) is 18.2 Å². The Bertz CT molecular complexity index is 659. The summed E-state index contributed by atoms with van der Waals surface area (Å²) in [5, 5.41) is 23.7. The van der Waals surface area contributed by atoms with Crippen LogP contribution >= 0.6 is 15.9 Å². The van der Waals surface area contributed by atoms with Crippen molar-refractivity contribution in [2.45, 2.75) is 13.5 Å². The Hall–Kier alpha value is -2.08. The van der Waals surface area contributed by atoms with Gasteiger partial charge in [0.25, 0.3) is 5.69 Å². The molecule has 0 aliphatic carbocycles. The van der Waals surface area contributed by atoms with E-state index < -0.39 is 4.92 Å². The van der Waals surface area contributed by atoms with Gasteiger partial charge in [-0.25, -0.2) is 0 Å². The first-order valence-corrected chi connectivity index (χ1v) is 6.73. The lowest BCUT2D eigenvalue weighted by atomic mass is 10.1. The fraction of sp³-hybridized carbons (Fsp3) is 0.143. The predicted molar refractivity (Wildman–Crippen MR) is 81.0 cm³/mol. The van der Waals surface area contributed by atoms with Crippen LogP contribution in [0.3, 0.4) is 0 Å². The van der Waals surface area contributed by atoms with E-state index in [1.54, 1.807) is 12.1 Å². The van der Waals surface area contributed by atoms with Crippen molar-refractivity contribution in [2.24, 2.45) is 0 Å². The number of nitrogens with one attached hydrogen (secondary N) is 1. The lowest BCUT2D eigenvalue weighted by Gasteiger charge is -2.10. The van der Waals surface area contributed by atoms with Crippen molar-refractivity contribution in [2.75, 3.05) is 5.32 Å². The number of phenols is 1. The lowest BCUT2D eigenvalue weighted by Crippen LogP contribution is -2.00. The number of nitro benzene ring substituents is 1. The average Bonchev–Trinajstić information content (AvgIpc) is 2.40. The van der Waals surface area contributed by atoms with Gasteiger partial charge in [-0.2, -0.15) is 0 Å². The van der Waals surface area contributed by atoms with Crippen LogP contribution in [0, 0.1) is 17.0 Å². The second-order valence-corrected chi connectivity index (χ2v) is 5.21. The third-order valence-corrected chi connectivity index (χ3v) is 3.58. The molecule has 0 aliphatic heterocycles. The Morgan fingerprint density at radius 3 is 2.75 bits per heavy atom. The van der Waals surface area contributed by atoms with Gasteiger partial charge >= 0.3 is 0 Å². The van der Waals surface area contributed by atoms with Crippen LogP contribution < -0.4 is 5.32 Å². The summed E-state index contributed by atoms with van der Waals surface area (Å²) in [7, 11) is 0. The van der Waals surface area contributed by atoms with Gasteiger partial charge in [0.2, 0.25) is 0 Å². The van der Waals surface area contributed by atoms with Gasteiger partial charge in [-0.3, -0.25) is 10.1 Å². The topological polar surface area (TPSA) is 75.4 Å². The van der Waals surface area contributed by atoms with E-state index in [-0.39, 0.29) is 11.4 Å². The number of nitrogens with zero attached hydrogens (tertiary/aromatic N) is 1. The largest absolute Gasteiger partial charge is 0.507 e. The fourth-order valence-electron chi connectivity index (χ4n) is 1.82. The molecule has 0 saturated carbocycles. The highest BCUT2D eigenvalue weighted by atomic mass is 79.9. The van der Waals surface area contributed by atoms with Crippen molar-refractivity contribution in [1.29, 1.82) is 0 Å². The summed E-state index contributed by atoms with van der Waals surface area (Å²) in [5.74, 6) is 0.265. The summed E-state index contributed by atoms with van der Waals surface area (Å²) in [4.78, 5) is 10.3. The van der Waals surface area contributed by atoms with Gasteiger partial charge in [0, 0.05) is 23.9 Å². The predicted octanol–water partition coefficient (Wildman–Crippen LogP) is 3.98. The zero-order valence-corrected chi connectivity index (χ0v) is 12.3. The van der Waals surface area contributed by atoms with E-state index in [2.05, 4.69) is 21.2 Å². The van der Waals surface area contributed by atoms with Crippen LogP contribution in [0.5, 0.6) is 5.75 Å². The van der Waals surface area contributed by atoms with Gasteiger partial charge < -0.3 is 10.4 Å². The van der Waals surface area contributed by atoms with Gasteiger partial charge in [0.05, 0.1) is 9.40 Å². The Kier molecular flexibility index (Phi) is 4.24. The lowest BCUT2D eigenvalue weighted by molar-refractivity contribution is -0.385. The van der Waals surface area contributed by atoms with Crippen LogP contribution in [0.4, 0.5) is 11.4 Å². The number of benzene rings is 2. The molecule has 0 fully saturated rings. The Morgan fingerprint density at radius 2 is 2.10 bits per heavy atom. The molecule has 0 unspecified atom stereocenters. The highest BCUT2D eigenvalue weighted by Gasteiger charge is 2.11. The molecule has 0 radical (unpaired) electrons. The maximum Gasteiger partial charge on any atom is 0.283 e. The molecule has 2 rings (SSSR count). The van der Waals surface area contributed by atoms with Crippen molar-refractivity contribution in [3.05, 3.63) is 62.1 Å². The molecule has 0 heterocycles. The number of para-hydroxylation sites is 1. The zero-order valence-electron chi connectivity index (χ0n) is 10.8. The zero-order chi connectivity index (χ0) is 14.7. The number of hydrogen-bond donors (Lipinski definition) is 2. The fourth-order valence-corrected chi connectivity index (χ4v) is 2.35. The summed E-state index contributed by atoms with van der Waals surface area (Å²) in [6.45, 7) is 2.28. The molecule has 6 heteroatoms. The van der Waals surface area contributed by atoms with Gasteiger partial charge in [0.1, 0.15) is 5.75 Å². The normalized spacial score (nSPS) is 10.3. The maximum absolute atomic E-state index is 10.7. The first kappa shape index (κ1) is 14.3. The highest BCUT2D eigenvalue weighted by Crippen LogP contribution is 2.28. The number of aromatic hydroxyl groups is 1. The van der Waals surface area contributed by atoms with Gasteiger partial charge in [-0.15, -0.1) is 0 Å². The quantitative estimate of drug-likeness (QED) is 0.654. The van der Waals surface area contributed by atoms with E-state index in [1.807, 2.05) is 25.1 Å². The minimum atomic E-state index is -0.444. The number of phenolic OH excluding ortho intramolecular Hbond substituents is 1. The third-order valence-electron chi connectivity index (χ3n) is 2.95. The van der Waals surface area contributed by atoms with Crippen LogP contribution in [-0.4, -0.2) is 10.0 Å². The number of aryl methyl sites for hydroxylation is 1. The summed E-state index contributed by atoms with van der Waals surface area (Å²) in [6.07, 6.45) is 0. The third kappa shape index (κ3) is 3.08. The van der Waals surface area contributed by atoms with E-state index >= 15 is 0 Å². The van der Waals surface area contributed by atoms with Crippen LogP contribution in [0.15, 0.2) is 40.9 Å². The first-order valence-electron chi connectivity index (χ1n) is 5.94. The van der Waals surface area contributed by atoms with Gasteiger partial charge in [-0.05, 0) is 40.5 Å². The van der Waals surface area contributed by atoms with Crippen LogP contribution in [0.25, 0.3) is 0 Å². The molecule has 0 bridgehead atoms. The van der Waals surface area contributed by atoms with Crippen molar-refractivity contribution >= 4 is 27.3 Å². The minimum absolute atomic E-state index is 0.0222. The molecule has 2 aromatic rings. The van der Waals surface area contributed by atoms with E-state index in [1.165, 1.54) is 6.07 Å². The Balaban J connectivity index is 2.13. The van der Waals surface area contributed by atoms with E-state index in [0.717, 1.165) is 16.8 Å². The molecule has 104 valence electrons. The molecule has 2 N–H and O–H groups in total. The van der Waals surface area contributed by atoms with Gasteiger partial charge in [0.15, 0.2) is 0 Å². The second kappa shape index (κ2) is 5.92. The Morgan fingerprint density at radius 1 is 1.35 bits per heavy atom. The smallest absolute Gasteiger partial charge is 0.283 e. The summed E-state index contributed by atoms with van der Waals surface area (Å²) >= 11 is 3.17. The molecule has 0 aromatic heterocycles. The van der Waals surface area contributed by atoms with Crippen LogP contribution in [-0.2, 0) is 6.54 Å². The van der Waals surface area contributed by atoms with Crippen molar-refractivity contribution in [1.82, 2.24) is 0 Å². The minimum Gasteiger partial charge on any atom is -0.507 e. The molecule has 5 nitrogen and oxygen atoms in total. The monoisotopic (exact) mass is 336 g/mol. The second-order valence-electron chi connectivity index (χ2n) is 4.36. The molecule has 0 aliphatic rings. The highest BCUT2D eigenvalue weighted by molar-refractivity contribution is 9.10. The average molecular weight is 337 g/mol. The molecule has 2 aromatic carbocycles. The standard InChI is InChI=1S/C14H13BrN2O3/c1-9-3-2-4-10(14(9)18)8-16-11-5-6-13(17(19)20)12(15)7-11/h2-7,16,18H,8H2,1H3. The van der Waals surface area contributed by atoms with Crippen molar-refractivity contribution in [3.63, 3.8) is 0 Å². The molecule has 0 atom stereocenters. The number of nitro groups is 1.